The first kappa shape index (κ1) is 16.0. The third-order valence-electron chi connectivity index (χ3n) is 4.32. The first-order chi connectivity index (χ1) is 11.2. The largest absolute Gasteiger partial charge is 0.338 e. The number of carbonyl (C=O) groups is 1. The Morgan fingerprint density at radius 1 is 1.48 bits per heavy atom. The van der Waals surface area contributed by atoms with Crippen LogP contribution < -0.4 is 5.32 Å². The molecular formula is C18H23N3OS. The lowest BCUT2D eigenvalue weighted by atomic mass is 9.90. The van der Waals surface area contributed by atoms with Crippen molar-refractivity contribution in [3.8, 4) is 0 Å². The third kappa shape index (κ3) is 4.32. The molecule has 1 aliphatic heterocycles. The average molecular weight is 329 g/mol. The number of nitrogens with one attached hydrogen (secondary N) is 1. The van der Waals surface area contributed by atoms with Crippen molar-refractivity contribution in [2.45, 2.75) is 32.1 Å². The van der Waals surface area contributed by atoms with E-state index in [4.69, 9.17) is 0 Å². The molecule has 0 saturated carbocycles. The molecule has 1 aliphatic rings. The number of aromatic nitrogens is 1. The number of piperidine rings is 1. The second kappa shape index (κ2) is 7.59. The molecule has 0 aliphatic carbocycles. The minimum absolute atomic E-state index is 0.0545. The summed E-state index contributed by atoms with van der Waals surface area (Å²) in [6, 6.07) is 8.71. The van der Waals surface area contributed by atoms with Crippen LogP contribution in [0.3, 0.4) is 0 Å². The molecule has 1 aromatic carbocycles. The number of benzene rings is 1. The van der Waals surface area contributed by atoms with Crippen LogP contribution in [0.5, 0.6) is 0 Å². The summed E-state index contributed by atoms with van der Waals surface area (Å²) in [6.07, 6.45) is 4.84. The van der Waals surface area contributed by atoms with Crippen LogP contribution in [-0.4, -0.2) is 35.5 Å². The van der Waals surface area contributed by atoms with Gasteiger partial charge in [0.25, 0.3) is 0 Å². The molecule has 2 aromatic rings. The van der Waals surface area contributed by atoms with E-state index < -0.39 is 0 Å². The van der Waals surface area contributed by atoms with Gasteiger partial charge in [0.1, 0.15) is 0 Å². The van der Waals surface area contributed by atoms with Gasteiger partial charge in [0.15, 0.2) is 0 Å². The fourth-order valence-corrected chi connectivity index (χ4v) is 3.74. The van der Waals surface area contributed by atoms with Crippen LogP contribution in [0.4, 0.5) is 4.79 Å². The van der Waals surface area contributed by atoms with Gasteiger partial charge in [-0.1, -0.05) is 29.8 Å². The Labute approximate surface area is 141 Å². The predicted molar refractivity (Wildman–Crippen MR) is 93.9 cm³/mol. The van der Waals surface area contributed by atoms with Gasteiger partial charge in [-0.25, -0.2) is 9.78 Å². The van der Waals surface area contributed by atoms with Gasteiger partial charge in [0, 0.05) is 43.5 Å². The smallest absolute Gasteiger partial charge is 0.317 e. The molecule has 1 unspecified atom stereocenters. The minimum atomic E-state index is 0.0545. The van der Waals surface area contributed by atoms with Crippen molar-refractivity contribution in [1.82, 2.24) is 15.2 Å². The molecule has 1 fully saturated rings. The number of likely N-dealkylation sites (tertiary alicyclic amines) is 1. The lowest BCUT2D eigenvalue weighted by Gasteiger charge is -2.33. The molecule has 23 heavy (non-hydrogen) atoms. The Bertz CT molecular complexity index is 641. The molecule has 5 heteroatoms. The number of thiazole rings is 1. The van der Waals surface area contributed by atoms with E-state index in [1.54, 1.807) is 17.5 Å². The lowest BCUT2D eigenvalue weighted by Crippen LogP contribution is -2.45. The van der Waals surface area contributed by atoms with Gasteiger partial charge in [-0.3, -0.25) is 0 Å². The van der Waals surface area contributed by atoms with Crippen molar-refractivity contribution in [2.24, 2.45) is 0 Å². The number of carbonyl (C=O) groups excluding carboxylic acids is 1. The molecule has 0 bridgehead atoms. The van der Waals surface area contributed by atoms with Gasteiger partial charge in [-0.2, -0.15) is 0 Å². The highest BCUT2D eigenvalue weighted by molar-refractivity contribution is 7.09. The zero-order valence-electron chi connectivity index (χ0n) is 13.5. The second-order valence-electron chi connectivity index (χ2n) is 6.11. The number of amides is 2. The van der Waals surface area contributed by atoms with Crippen LogP contribution in [-0.2, 0) is 6.42 Å². The molecule has 1 aromatic heterocycles. The van der Waals surface area contributed by atoms with Crippen molar-refractivity contribution in [1.29, 1.82) is 0 Å². The van der Waals surface area contributed by atoms with Crippen LogP contribution in [0.25, 0.3) is 0 Å². The van der Waals surface area contributed by atoms with Crippen LogP contribution in [0.2, 0.25) is 0 Å². The topological polar surface area (TPSA) is 45.2 Å². The van der Waals surface area contributed by atoms with E-state index in [2.05, 4.69) is 41.5 Å². The number of nitrogens with zero attached hydrogens (tertiary/aromatic N) is 2. The molecule has 1 saturated heterocycles. The van der Waals surface area contributed by atoms with Gasteiger partial charge in [0.05, 0.1) is 5.01 Å². The zero-order chi connectivity index (χ0) is 16.1. The zero-order valence-corrected chi connectivity index (χ0v) is 14.3. The van der Waals surface area contributed by atoms with Gasteiger partial charge < -0.3 is 10.2 Å². The van der Waals surface area contributed by atoms with Gasteiger partial charge in [-0.15, -0.1) is 11.3 Å². The first-order valence-corrected chi connectivity index (χ1v) is 9.08. The predicted octanol–water partition coefficient (Wildman–Crippen LogP) is 3.58. The van der Waals surface area contributed by atoms with Crippen LogP contribution in [0, 0.1) is 6.92 Å². The van der Waals surface area contributed by atoms with E-state index in [-0.39, 0.29) is 6.03 Å². The lowest BCUT2D eigenvalue weighted by molar-refractivity contribution is 0.180. The maximum atomic E-state index is 12.4. The molecule has 2 amide bonds. The fourth-order valence-electron chi connectivity index (χ4n) is 3.12. The molecule has 1 atom stereocenters. The molecule has 0 spiro atoms. The van der Waals surface area contributed by atoms with E-state index >= 15 is 0 Å². The van der Waals surface area contributed by atoms with E-state index in [0.717, 1.165) is 37.4 Å². The summed E-state index contributed by atoms with van der Waals surface area (Å²) in [7, 11) is 0. The summed E-state index contributed by atoms with van der Waals surface area (Å²) < 4.78 is 0. The molecule has 0 radical (unpaired) electrons. The molecule has 4 nitrogen and oxygen atoms in total. The van der Waals surface area contributed by atoms with Crippen molar-refractivity contribution in [2.75, 3.05) is 19.6 Å². The number of aryl methyl sites for hydroxylation is 1. The number of hydrogen-bond acceptors (Lipinski definition) is 3. The monoisotopic (exact) mass is 329 g/mol. The summed E-state index contributed by atoms with van der Waals surface area (Å²) in [4.78, 5) is 18.6. The highest BCUT2D eigenvalue weighted by Gasteiger charge is 2.24. The second-order valence-corrected chi connectivity index (χ2v) is 7.09. The number of urea groups is 1. The van der Waals surface area contributed by atoms with E-state index in [0.29, 0.717) is 12.5 Å². The highest BCUT2D eigenvalue weighted by Crippen LogP contribution is 2.27. The Kier molecular flexibility index (Phi) is 5.28. The molecular weight excluding hydrogens is 306 g/mol. The van der Waals surface area contributed by atoms with Gasteiger partial charge in [-0.05, 0) is 25.3 Å². The molecule has 122 valence electrons. The highest BCUT2D eigenvalue weighted by atomic mass is 32.1. The summed E-state index contributed by atoms with van der Waals surface area (Å²) in [5.41, 5.74) is 2.64. The van der Waals surface area contributed by atoms with Gasteiger partial charge >= 0.3 is 6.03 Å². The summed E-state index contributed by atoms with van der Waals surface area (Å²) in [5, 5.41) is 6.07. The van der Waals surface area contributed by atoms with Gasteiger partial charge in [0.2, 0.25) is 0 Å². The van der Waals surface area contributed by atoms with E-state index in [9.17, 15) is 4.79 Å². The molecule has 3 rings (SSSR count). The quantitative estimate of drug-likeness (QED) is 0.932. The maximum absolute atomic E-state index is 12.4. The van der Waals surface area contributed by atoms with Crippen molar-refractivity contribution >= 4 is 17.4 Å². The van der Waals surface area contributed by atoms with E-state index in [1.807, 2.05) is 10.3 Å². The van der Waals surface area contributed by atoms with Crippen LogP contribution in [0.1, 0.15) is 34.9 Å². The Hall–Kier alpha value is -1.88. The number of rotatable bonds is 4. The van der Waals surface area contributed by atoms with Crippen molar-refractivity contribution in [3.05, 3.63) is 52.0 Å². The SMILES string of the molecule is Cc1cccc(C2CCCN(C(=O)NCCc3nccs3)C2)c1. The normalized spacial score (nSPS) is 18.0. The molecule has 1 N–H and O–H groups in total. The first-order valence-electron chi connectivity index (χ1n) is 8.20. The summed E-state index contributed by atoms with van der Waals surface area (Å²) >= 11 is 1.63. The Balaban J connectivity index is 1.52. The molecule has 2 heterocycles. The fraction of sp³-hybridized carbons (Fsp3) is 0.444. The number of hydrogen-bond donors (Lipinski definition) is 1. The average Bonchev–Trinajstić information content (AvgIpc) is 3.08. The van der Waals surface area contributed by atoms with Crippen molar-refractivity contribution < 1.29 is 4.79 Å². The minimum Gasteiger partial charge on any atom is -0.338 e. The van der Waals surface area contributed by atoms with Crippen molar-refractivity contribution in [3.63, 3.8) is 0 Å². The summed E-state index contributed by atoms with van der Waals surface area (Å²) in [5.74, 6) is 0.452. The standard InChI is InChI=1S/C18H23N3OS/c1-14-4-2-5-15(12-14)16-6-3-10-21(13-16)18(22)20-8-7-17-19-9-11-23-17/h2,4-5,9,11-12,16H,3,6-8,10,13H2,1H3,(H,20,22). The van der Waals surface area contributed by atoms with E-state index in [1.165, 1.54) is 11.1 Å². The van der Waals surface area contributed by atoms with Crippen LogP contribution >= 0.6 is 11.3 Å². The maximum Gasteiger partial charge on any atom is 0.317 e. The Morgan fingerprint density at radius 3 is 3.17 bits per heavy atom. The van der Waals surface area contributed by atoms with Crippen LogP contribution in [0.15, 0.2) is 35.8 Å². The summed E-state index contributed by atoms with van der Waals surface area (Å²) in [6.45, 7) is 4.44. The Morgan fingerprint density at radius 2 is 2.39 bits per heavy atom. The third-order valence-corrected chi connectivity index (χ3v) is 5.16.